The molecule has 0 radical (unpaired) electrons. The van der Waals surface area contributed by atoms with Gasteiger partial charge in [-0.1, -0.05) is 36.5 Å². The molecule has 0 aliphatic carbocycles. The smallest absolute Gasteiger partial charge is 0.236 e. The average Bonchev–Trinajstić information content (AvgIpc) is 2.37. The van der Waals surface area contributed by atoms with Crippen LogP contribution in [0.1, 0.15) is 16.8 Å². The zero-order valence-corrected chi connectivity index (χ0v) is 13.0. The van der Waals surface area contributed by atoms with Crippen LogP contribution in [-0.4, -0.2) is 18.4 Å². The largest absolute Gasteiger partial charge is 0.389 e. The van der Waals surface area contributed by atoms with E-state index in [-0.39, 0.29) is 10.7 Å². The first-order valence-electron chi connectivity index (χ1n) is 6.18. The van der Waals surface area contributed by atoms with Crippen molar-refractivity contribution in [3.05, 3.63) is 59.4 Å². The van der Waals surface area contributed by atoms with Crippen molar-refractivity contribution in [3.8, 4) is 0 Å². The molecule has 0 spiro atoms. The molecule has 1 aromatic carbocycles. The maximum Gasteiger partial charge on any atom is 0.236 e. The predicted molar refractivity (Wildman–Crippen MR) is 87.5 cm³/mol. The monoisotopic (exact) mass is 321 g/mol. The molecule has 2 rings (SSSR count). The Kier molecular flexibility index (Phi) is 4.54. The van der Waals surface area contributed by atoms with Crippen molar-refractivity contribution in [2.24, 2.45) is 5.73 Å². The number of benzene rings is 1. The number of hydrogen-bond acceptors (Lipinski definition) is 4. The lowest BCUT2D eigenvalue weighted by Gasteiger charge is -2.11. The number of sulfonamides is 1. The SMILES string of the molecule is Cc1cc(NS(=O)(=O)Cc2ccccc2C(N)=S)ccn1. The molecule has 0 saturated carbocycles. The van der Waals surface area contributed by atoms with Crippen LogP contribution in [0.4, 0.5) is 5.69 Å². The van der Waals surface area contributed by atoms with E-state index in [4.69, 9.17) is 18.0 Å². The third kappa shape index (κ3) is 4.24. The van der Waals surface area contributed by atoms with Gasteiger partial charge in [-0.2, -0.15) is 0 Å². The second-order valence-electron chi connectivity index (χ2n) is 4.57. The van der Waals surface area contributed by atoms with Crippen molar-refractivity contribution in [2.45, 2.75) is 12.7 Å². The highest BCUT2D eigenvalue weighted by Gasteiger charge is 2.15. The van der Waals surface area contributed by atoms with Gasteiger partial charge in [0.25, 0.3) is 0 Å². The summed E-state index contributed by atoms with van der Waals surface area (Å²) in [6.07, 6.45) is 1.55. The molecule has 7 heteroatoms. The molecule has 2 aromatic rings. The highest BCUT2D eigenvalue weighted by atomic mass is 32.2. The molecule has 0 fully saturated rings. The van der Waals surface area contributed by atoms with Crippen molar-refractivity contribution in [3.63, 3.8) is 0 Å². The fourth-order valence-electron chi connectivity index (χ4n) is 1.92. The standard InChI is InChI=1S/C14H15N3O2S2/c1-10-8-12(6-7-16-10)17-21(18,19)9-11-4-2-3-5-13(11)14(15)20/h2-8H,9H2,1H3,(H2,15,20)(H,16,17). The van der Waals surface area contributed by atoms with Crippen LogP contribution in [-0.2, 0) is 15.8 Å². The number of pyridine rings is 1. The number of hydrogen-bond donors (Lipinski definition) is 2. The van der Waals surface area contributed by atoms with Crippen LogP contribution in [0.25, 0.3) is 0 Å². The minimum absolute atomic E-state index is 0.181. The van der Waals surface area contributed by atoms with Gasteiger partial charge in [0.15, 0.2) is 0 Å². The lowest BCUT2D eigenvalue weighted by molar-refractivity contribution is 0.600. The fourth-order valence-corrected chi connectivity index (χ4v) is 3.33. The molecule has 0 saturated heterocycles. The third-order valence-electron chi connectivity index (χ3n) is 2.80. The molecule has 0 amide bonds. The maximum atomic E-state index is 12.2. The van der Waals surface area contributed by atoms with E-state index in [1.807, 2.05) is 0 Å². The van der Waals surface area contributed by atoms with Gasteiger partial charge in [0.05, 0.1) is 11.4 Å². The van der Waals surface area contributed by atoms with Gasteiger partial charge in [-0.05, 0) is 24.6 Å². The van der Waals surface area contributed by atoms with Crippen LogP contribution < -0.4 is 10.5 Å². The third-order valence-corrected chi connectivity index (χ3v) is 4.26. The van der Waals surface area contributed by atoms with Crippen LogP contribution in [0.2, 0.25) is 0 Å². The number of nitrogens with zero attached hydrogens (tertiary/aromatic N) is 1. The molecule has 21 heavy (non-hydrogen) atoms. The molecular weight excluding hydrogens is 306 g/mol. The van der Waals surface area contributed by atoms with E-state index in [0.717, 1.165) is 5.69 Å². The van der Waals surface area contributed by atoms with Crippen molar-refractivity contribution >= 4 is 32.9 Å². The van der Waals surface area contributed by atoms with E-state index < -0.39 is 10.0 Å². The minimum Gasteiger partial charge on any atom is -0.389 e. The van der Waals surface area contributed by atoms with Gasteiger partial charge in [0.2, 0.25) is 10.0 Å². The van der Waals surface area contributed by atoms with E-state index >= 15 is 0 Å². The van der Waals surface area contributed by atoms with E-state index in [1.165, 1.54) is 0 Å². The van der Waals surface area contributed by atoms with Gasteiger partial charge in [0, 0.05) is 17.5 Å². The van der Waals surface area contributed by atoms with Crippen LogP contribution in [0.15, 0.2) is 42.6 Å². The van der Waals surface area contributed by atoms with Crippen molar-refractivity contribution in [1.29, 1.82) is 0 Å². The summed E-state index contributed by atoms with van der Waals surface area (Å²) in [7, 11) is -3.55. The topological polar surface area (TPSA) is 85.1 Å². The molecule has 0 aliphatic rings. The Balaban J connectivity index is 2.24. The summed E-state index contributed by atoms with van der Waals surface area (Å²) >= 11 is 4.94. The first kappa shape index (κ1) is 15.4. The Morgan fingerprint density at radius 3 is 2.71 bits per heavy atom. The summed E-state index contributed by atoms with van der Waals surface area (Å²) < 4.78 is 27.0. The molecule has 110 valence electrons. The molecule has 5 nitrogen and oxygen atoms in total. The number of thiocarbonyl (C=S) groups is 1. The summed E-state index contributed by atoms with van der Waals surface area (Å²) in [6.45, 7) is 1.79. The van der Waals surface area contributed by atoms with Gasteiger partial charge in [-0.3, -0.25) is 9.71 Å². The lowest BCUT2D eigenvalue weighted by atomic mass is 10.1. The number of anilines is 1. The van der Waals surface area contributed by atoms with Crippen LogP contribution >= 0.6 is 12.2 Å². The van der Waals surface area contributed by atoms with Gasteiger partial charge in [0.1, 0.15) is 4.99 Å². The highest BCUT2D eigenvalue weighted by molar-refractivity contribution is 7.91. The van der Waals surface area contributed by atoms with E-state index in [1.54, 1.807) is 49.5 Å². The number of nitrogens with two attached hydrogens (primary N) is 1. The lowest BCUT2D eigenvalue weighted by Crippen LogP contribution is -2.19. The average molecular weight is 321 g/mol. The van der Waals surface area contributed by atoms with Crippen LogP contribution in [0.5, 0.6) is 0 Å². The second kappa shape index (κ2) is 6.19. The zero-order valence-electron chi connectivity index (χ0n) is 11.4. The van der Waals surface area contributed by atoms with E-state index in [2.05, 4.69) is 9.71 Å². The van der Waals surface area contributed by atoms with E-state index in [0.29, 0.717) is 16.8 Å². The second-order valence-corrected chi connectivity index (χ2v) is 6.73. The van der Waals surface area contributed by atoms with Gasteiger partial charge >= 0.3 is 0 Å². The van der Waals surface area contributed by atoms with Crippen molar-refractivity contribution < 1.29 is 8.42 Å². The quantitative estimate of drug-likeness (QED) is 0.822. The Morgan fingerprint density at radius 1 is 1.33 bits per heavy atom. The van der Waals surface area contributed by atoms with Gasteiger partial charge < -0.3 is 5.73 Å². The molecule has 0 unspecified atom stereocenters. The summed E-state index contributed by atoms with van der Waals surface area (Å²) in [5.74, 6) is -0.193. The van der Waals surface area contributed by atoms with Crippen LogP contribution in [0, 0.1) is 6.92 Å². The maximum absolute atomic E-state index is 12.2. The molecular formula is C14H15N3O2S2. The van der Waals surface area contributed by atoms with Gasteiger partial charge in [-0.25, -0.2) is 8.42 Å². The number of aromatic nitrogens is 1. The number of aryl methyl sites for hydroxylation is 1. The Morgan fingerprint density at radius 2 is 2.05 bits per heavy atom. The molecule has 3 N–H and O–H groups in total. The minimum atomic E-state index is -3.55. The molecule has 0 bridgehead atoms. The zero-order chi connectivity index (χ0) is 15.5. The van der Waals surface area contributed by atoms with Gasteiger partial charge in [-0.15, -0.1) is 0 Å². The Labute approximate surface area is 129 Å². The van der Waals surface area contributed by atoms with Crippen molar-refractivity contribution in [1.82, 2.24) is 4.98 Å². The first-order chi connectivity index (χ1) is 9.87. The van der Waals surface area contributed by atoms with Crippen molar-refractivity contribution in [2.75, 3.05) is 4.72 Å². The summed E-state index contributed by atoms with van der Waals surface area (Å²) in [6, 6.07) is 10.2. The number of rotatable bonds is 5. The van der Waals surface area contributed by atoms with Crippen LogP contribution in [0.3, 0.4) is 0 Å². The summed E-state index contributed by atoms with van der Waals surface area (Å²) in [5, 5.41) is 0. The molecule has 0 atom stereocenters. The molecule has 1 heterocycles. The normalized spacial score (nSPS) is 11.1. The summed E-state index contributed by atoms with van der Waals surface area (Å²) in [5.41, 5.74) is 7.98. The Hall–Kier alpha value is -1.99. The molecule has 0 aliphatic heterocycles. The molecule has 1 aromatic heterocycles. The fraction of sp³-hybridized carbons (Fsp3) is 0.143. The number of nitrogens with one attached hydrogen (secondary N) is 1. The first-order valence-corrected chi connectivity index (χ1v) is 8.24. The summed E-state index contributed by atoms with van der Waals surface area (Å²) in [4.78, 5) is 4.20. The predicted octanol–water partition coefficient (Wildman–Crippen LogP) is 1.97. The highest BCUT2D eigenvalue weighted by Crippen LogP contribution is 2.16. The Bertz CT molecular complexity index is 773. The van der Waals surface area contributed by atoms with E-state index in [9.17, 15) is 8.42 Å².